The number of carbonyl (C=O) groups is 1. The Morgan fingerprint density at radius 1 is 0.957 bits per heavy atom. The molecule has 122 valence electrons. The van der Waals surface area contributed by atoms with Crippen LogP contribution in [0.25, 0.3) is 0 Å². The van der Waals surface area contributed by atoms with E-state index in [9.17, 15) is 4.79 Å². The second-order valence-electron chi connectivity index (χ2n) is 4.83. The molecule has 0 aliphatic carbocycles. The van der Waals surface area contributed by atoms with Crippen LogP contribution in [0.1, 0.15) is 18.5 Å². The van der Waals surface area contributed by atoms with Crippen LogP contribution < -0.4 is 14.8 Å². The average Bonchev–Trinajstić information content (AvgIpc) is 2.60. The Balaban J connectivity index is 2.23. The third-order valence-electron chi connectivity index (χ3n) is 3.37. The highest BCUT2D eigenvalue weighted by Gasteiger charge is 2.22. The summed E-state index contributed by atoms with van der Waals surface area (Å²) in [5.74, 6) is 1.17. The summed E-state index contributed by atoms with van der Waals surface area (Å²) in [5.41, 5.74) is 1.61. The summed E-state index contributed by atoms with van der Waals surface area (Å²) in [6.07, 6.45) is 0. The van der Waals surface area contributed by atoms with Crippen molar-refractivity contribution in [1.29, 1.82) is 0 Å². The zero-order valence-corrected chi connectivity index (χ0v) is 13.5. The normalized spacial score (nSPS) is 11.4. The highest BCUT2D eigenvalue weighted by Crippen LogP contribution is 2.24. The molecule has 0 aliphatic heterocycles. The zero-order chi connectivity index (χ0) is 16.7. The minimum absolute atomic E-state index is 0.325. The fraction of sp³-hybridized carbons (Fsp3) is 0.278. The lowest BCUT2D eigenvalue weighted by Crippen LogP contribution is -2.23. The lowest BCUT2D eigenvalue weighted by molar-refractivity contribution is -0.144. The van der Waals surface area contributed by atoms with E-state index in [2.05, 4.69) is 5.32 Å². The Kier molecular flexibility index (Phi) is 5.86. The third-order valence-corrected chi connectivity index (χ3v) is 3.37. The second-order valence-corrected chi connectivity index (χ2v) is 4.83. The lowest BCUT2D eigenvalue weighted by atomic mass is 10.1. The molecule has 0 saturated heterocycles. The van der Waals surface area contributed by atoms with Crippen molar-refractivity contribution in [3.05, 3.63) is 54.1 Å². The van der Waals surface area contributed by atoms with Gasteiger partial charge in [0.25, 0.3) is 0 Å². The van der Waals surface area contributed by atoms with E-state index in [1.165, 1.54) is 0 Å². The largest absolute Gasteiger partial charge is 0.497 e. The van der Waals surface area contributed by atoms with E-state index in [0.29, 0.717) is 6.61 Å². The Morgan fingerprint density at radius 2 is 1.48 bits per heavy atom. The van der Waals surface area contributed by atoms with Crippen LogP contribution in [0.5, 0.6) is 11.5 Å². The van der Waals surface area contributed by atoms with Crippen LogP contribution in [0.15, 0.2) is 48.5 Å². The molecule has 2 aromatic carbocycles. The van der Waals surface area contributed by atoms with E-state index in [1.807, 2.05) is 48.5 Å². The molecule has 0 radical (unpaired) electrons. The molecule has 23 heavy (non-hydrogen) atoms. The molecule has 0 spiro atoms. The number of benzene rings is 2. The van der Waals surface area contributed by atoms with Crippen LogP contribution >= 0.6 is 0 Å². The van der Waals surface area contributed by atoms with Gasteiger partial charge in [-0.3, -0.25) is 0 Å². The molecule has 2 rings (SSSR count). The number of anilines is 1. The van der Waals surface area contributed by atoms with Crippen LogP contribution in [0.3, 0.4) is 0 Å². The van der Waals surface area contributed by atoms with Crippen LogP contribution in [-0.4, -0.2) is 26.8 Å². The number of methoxy groups -OCH3 is 2. The summed E-state index contributed by atoms with van der Waals surface area (Å²) < 4.78 is 15.5. The Morgan fingerprint density at radius 3 is 1.96 bits per heavy atom. The highest BCUT2D eigenvalue weighted by molar-refractivity contribution is 5.81. The second kappa shape index (κ2) is 8.08. The smallest absolute Gasteiger partial charge is 0.333 e. The first-order chi connectivity index (χ1) is 11.2. The van der Waals surface area contributed by atoms with Gasteiger partial charge in [0, 0.05) is 5.69 Å². The lowest BCUT2D eigenvalue weighted by Gasteiger charge is -2.19. The minimum atomic E-state index is -0.589. The molecular formula is C18H21NO4. The van der Waals surface area contributed by atoms with Crippen molar-refractivity contribution < 1.29 is 19.0 Å². The molecule has 0 aliphatic rings. The predicted molar refractivity (Wildman–Crippen MR) is 89.0 cm³/mol. The molecule has 1 atom stereocenters. The Hall–Kier alpha value is -2.69. The number of rotatable bonds is 7. The number of ether oxygens (including phenoxy) is 3. The van der Waals surface area contributed by atoms with E-state index >= 15 is 0 Å². The molecule has 2 aromatic rings. The molecule has 0 heterocycles. The Labute approximate surface area is 136 Å². The molecule has 5 heteroatoms. The highest BCUT2D eigenvalue weighted by atomic mass is 16.5. The summed E-state index contributed by atoms with van der Waals surface area (Å²) in [4.78, 5) is 12.3. The first kappa shape index (κ1) is 16.7. The molecule has 0 bridgehead atoms. The first-order valence-electron chi connectivity index (χ1n) is 7.39. The summed E-state index contributed by atoms with van der Waals surface area (Å²) in [5, 5.41) is 3.20. The van der Waals surface area contributed by atoms with Gasteiger partial charge in [-0.05, 0) is 48.9 Å². The predicted octanol–water partition coefficient (Wildman–Crippen LogP) is 3.42. The quantitative estimate of drug-likeness (QED) is 0.793. The Bertz CT molecular complexity index is 622. The van der Waals surface area contributed by atoms with E-state index in [0.717, 1.165) is 22.7 Å². The zero-order valence-electron chi connectivity index (χ0n) is 13.5. The van der Waals surface area contributed by atoms with Crippen molar-refractivity contribution in [2.75, 3.05) is 26.1 Å². The molecule has 1 N–H and O–H groups in total. The number of hydrogen-bond acceptors (Lipinski definition) is 5. The molecule has 0 fully saturated rings. The van der Waals surface area contributed by atoms with Crippen molar-refractivity contribution in [1.82, 2.24) is 0 Å². The van der Waals surface area contributed by atoms with Crippen molar-refractivity contribution in [2.24, 2.45) is 0 Å². The van der Waals surface area contributed by atoms with Gasteiger partial charge in [-0.1, -0.05) is 12.1 Å². The monoisotopic (exact) mass is 315 g/mol. The van der Waals surface area contributed by atoms with E-state index < -0.39 is 6.04 Å². The number of nitrogens with one attached hydrogen (secondary N) is 1. The maximum absolute atomic E-state index is 12.3. The van der Waals surface area contributed by atoms with E-state index in [-0.39, 0.29) is 5.97 Å². The number of carbonyl (C=O) groups excluding carboxylic acids is 1. The van der Waals surface area contributed by atoms with Gasteiger partial charge in [-0.15, -0.1) is 0 Å². The molecular weight excluding hydrogens is 294 g/mol. The topological polar surface area (TPSA) is 56.8 Å². The van der Waals surface area contributed by atoms with Gasteiger partial charge >= 0.3 is 5.97 Å². The average molecular weight is 315 g/mol. The van der Waals surface area contributed by atoms with E-state index in [1.54, 1.807) is 21.1 Å². The number of hydrogen-bond donors (Lipinski definition) is 1. The summed E-state index contributed by atoms with van der Waals surface area (Å²) in [7, 11) is 3.22. The van der Waals surface area contributed by atoms with Gasteiger partial charge in [-0.2, -0.15) is 0 Å². The van der Waals surface area contributed by atoms with Crippen molar-refractivity contribution >= 4 is 11.7 Å². The van der Waals surface area contributed by atoms with Crippen LogP contribution in [-0.2, 0) is 9.53 Å². The fourth-order valence-corrected chi connectivity index (χ4v) is 2.15. The first-order valence-corrected chi connectivity index (χ1v) is 7.39. The minimum Gasteiger partial charge on any atom is -0.497 e. The van der Waals surface area contributed by atoms with Gasteiger partial charge < -0.3 is 19.5 Å². The van der Waals surface area contributed by atoms with Crippen molar-refractivity contribution in [3.8, 4) is 11.5 Å². The van der Waals surface area contributed by atoms with Gasteiger partial charge in [0.1, 0.15) is 11.5 Å². The van der Waals surface area contributed by atoms with Gasteiger partial charge in [-0.25, -0.2) is 4.79 Å². The summed E-state index contributed by atoms with van der Waals surface area (Å²) >= 11 is 0. The SMILES string of the molecule is CCOC(=O)C(Nc1ccc(OC)cc1)c1ccc(OC)cc1. The van der Waals surface area contributed by atoms with Crippen LogP contribution in [0.4, 0.5) is 5.69 Å². The fourth-order valence-electron chi connectivity index (χ4n) is 2.15. The van der Waals surface area contributed by atoms with Gasteiger partial charge in [0.05, 0.1) is 20.8 Å². The molecule has 0 aromatic heterocycles. The third kappa shape index (κ3) is 4.39. The maximum Gasteiger partial charge on any atom is 0.333 e. The van der Waals surface area contributed by atoms with Crippen LogP contribution in [0, 0.1) is 0 Å². The standard InChI is InChI=1S/C18H21NO4/c1-4-23-18(20)17(13-5-9-15(21-2)10-6-13)19-14-7-11-16(22-3)12-8-14/h5-12,17,19H,4H2,1-3H3. The van der Waals surface area contributed by atoms with Gasteiger partial charge in [0.15, 0.2) is 6.04 Å². The van der Waals surface area contributed by atoms with Crippen molar-refractivity contribution in [2.45, 2.75) is 13.0 Å². The summed E-state index contributed by atoms with van der Waals surface area (Å²) in [6.45, 7) is 2.12. The molecule has 5 nitrogen and oxygen atoms in total. The maximum atomic E-state index is 12.3. The van der Waals surface area contributed by atoms with Crippen LogP contribution in [0.2, 0.25) is 0 Å². The molecule has 0 amide bonds. The molecule has 1 unspecified atom stereocenters. The van der Waals surface area contributed by atoms with Gasteiger partial charge in [0.2, 0.25) is 0 Å². The van der Waals surface area contributed by atoms with Crippen molar-refractivity contribution in [3.63, 3.8) is 0 Å². The number of esters is 1. The van der Waals surface area contributed by atoms with E-state index in [4.69, 9.17) is 14.2 Å². The summed E-state index contributed by atoms with van der Waals surface area (Å²) in [6, 6.07) is 14.1. The molecule has 0 saturated carbocycles.